The Hall–Kier alpha value is -1.11. The van der Waals surface area contributed by atoms with Gasteiger partial charge in [0.2, 0.25) is 0 Å². The summed E-state index contributed by atoms with van der Waals surface area (Å²) in [6.07, 6.45) is 0.813. The van der Waals surface area contributed by atoms with Gasteiger partial charge in [0.15, 0.2) is 6.61 Å². The smallest absolute Gasteiger partial charge is 0.258 e. The fourth-order valence-electron chi connectivity index (χ4n) is 1.74. The van der Waals surface area contributed by atoms with E-state index >= 15 is 0 Å². The van der Waals surface area contributed by atoms with Crippen LogP contribution >= 0.6 is 15.9 Å². The maximum absolute atomic E-state index is 11.7. The quantitative estimate of drug-likeness (QED) is 0.749. The average molecular weight is 345 g/mol. The van der Waals surface area contributed by atoms with E-state index in [1.54, 1.807) is 7.11 Å². The second-order valence-corrected chi connectivity index (χ2v) is 5.37. The molecule has 5 nitrogen and oxygen atoms in total. The molecule has 0 saturated carbocycles. The highest BCUT2D eigenvalue weighted by atomic mass is 79.9. The number of ether oxygens (including phenoxy) is 2. The molecule has 0 fully saturated rings. The molecular weight excluding hydrogens is 324 g/mol. The van der Waals surface area contributed by atoms with Crippen LogP contribution in [-0.4, -0.2) is 38.8 Å². The van der Waals surface area contributed by atoms with Gasteiger partial charge in [-0.2, -0.15) is 0 Å². The van der Waals surface area contributed by atoms with Crippen LogP contribution in [0.1, 0.15) is 12.5 Å². The zero-order valence-electron chi connectivity index (χ0n) is 11.8. The van der Waals surface area contributed by atoms with Crippen molar-refractivity contribution < 1.29 is 14.3 Å². The van der Waals surface area contributed by atoms with Crippen LogP contribution in [0.15, 0.2) is 22.7 Å². The molecule has 0 spiro atoms. The fourth-order valence-corrected chi connectivity index (χ4v) is 2.28. The van der Waals surface area contributed by atoms with Gasteiger partial charge < -0.3 is 20.5 Å². The SMILES string of the molecule is COCC(C)NC(=O)COc1ccc(CCN)cc1Br. The van der Waals surface area contributed by atoms with Crippen molar-refractivity contribution in [3.63, 3.8) is 0 Å². The van der Waals surface area contributed by atoms with E-state index in [9.17, 15) is 4.79 Å². The highest BCUT2D eigenvalue weighted by Gasteiger charge is 2.09. The molecule has 1 unspecified atom stereocenters. The Morgan fingerprint density at radius 3 is 2.85 bits per heavy atom. The van der Waals surface area contributed by atoms with Crippen molar-refractivity contribution in [1.82, 2.24) is 5.32 Å². The molecule has 3 N–H and O–H groups in total. The van der Waals surface area contributed by atoms with E-state index in [4.69, 9.17) is 15.2 Å². The first-order chi connectivity index (χ1) is 9.56. The third-order valence-corrected chi connectivity index (χ3v) is 3.23. The van der Waals surface area contributed by atoms with Crippen molar-refractivity contribution in [1.29, 1.82) is 0 Å². The van der Waals surface area contributed by atoms with E-state index in [-0.39, 0.29) is 18.6 Å². The second-order valence-electron chi connectivity index (χ2n) is 4.52. The number of carbonyl (C=O) groups excluding carboxylic acids is 1. The Balaban J connectivity index is 2.47. The average Bonchev–Trinajstić information content (AvgIpc) is 2.38. The standard InChI is InChI=1S/C14H21BrN2O3/c1-10(8-19-2)17-14(18)9-20-13-4-3-11(5-6-16)7-12(13)15/h3-4,7,10H,5-6,8-9,16H2,1-2H3,(H,17,18). The van der Waals surface area contributed by atoms with Crippen molar-refractivity contribution in [2.75, 3.05) is 26.9 Å². The maximum atomic E-state index is 11.7. The van der Waals surface area contributed by atoms with E-state index in [0.29, 0.717) is 18.9 Å². The van der Waals surface area contributed by atoms with Crippen molar-refractivity contribution in [2.24, 2.45) is 5.73 Å². The number of carbonyl (C=O) groups is 1. The van der Waals surface area contributed by atoms with Crippen LogP contribution in [0, 0.1) is 0 Å². The van der Waals surface area contributed by atoms with Gasteiger partial charge in [0.05, 0.1) is 11.1 Å². The summed E-state index contributed by atoms with van der Waals surface area (Å²) in [6, 6.07) is 5.69. The van der Waals surface area contributed by atoms with Crippen LogP contribution in [0.25, 0.3) is 0 Å². The van der Waals surface area contributed by atoms with E-state index in [2.05, 4.69) is 21.2 Å². The normalized spacial score (nSPS) is 12.0. The zero-order chi connectivity index (χ0) is 15.0. The van der Waals surface area contributed by atoms with Gasteiger partial charge in [-0.15, -0.1) is 0 Å². The second kappa shape index (κ2) is 8.94. The molecule has 0 aliphatic heterocycles. The lowest BCUT2D eigenvalue weighted by Gasteiger charge is -2.14. The number of amides is 1. The number of rotatable bonds is 8. The van der Waals surface area contributed by atoms with Crippen LogP contribution in [0.4, 0.5) is 0 Å². The Labute approximate surface area is 127 Å². The van der Waals surface area contributed by atoms with Gasteiger partial charge in [0.1, 0.15) is 5.75 Å². The molecule has 0 bridgehead atoms. The van der Waals surface area contributed by atoms with Crippen molar-refractivity contribution in [3.05, 3.63) is 28.2 Å². The molecule has 20 heavy (non-hydrogen) atoms. The van der Waals surface area contributed by atoms with Crippen LogP contribution in [0.2, 0.25) is 0 Å². The number of halogens is 1. The van der Waals surface area contributed by atoms with E-state index in [1.807, 2.05) is 25.1 Å². The predicted octanol–water partition coefficient (Wildman–Crippen LogP) is 1.48. The molecule has 1 aromatic rings. The lowest BCUT2D eigenvalue weighted by atomic mass is 10.1. The highest BCUT2D eigenvalue weighted by Crippen LogP contribution is 2.26. The summed E-state index contributed by atoms with van der Waals surface area (Å²) in [6.45, 7) is 2.93. The lowest BCUT2D eigenvalue weighted by molar-refractivity contribution is -0.124. The van der Waals surface area contributed by atoms with Gasteiger partial charge in [-0.25, -0.2) is 0 Å². The Kier molecular flexibility index (Phi) is 7.58. The van der Waals surface area contributed by atoms with Gasteiger partial charge in [-0.1, -0.05) is 6.07 Å². The van der Waals surface area contributed by atoms with E-state index in [1.165, 1.54) is 0 Å². The molecule has 112 valence electrons. The zero-order valence-corrected chi connectivity index (χ0v) is 13.4. The lowest BCUT2D eigenvalue weighted by Crippen LogP contribution is -2.38. The molecule has 6 heteroatoms. The summed E-state index contributed by atoms with van der Waals surface area (Å²) < 4.78 is 11.2. The number of nitrogens with two attached hydrogens (primary N) is 1. The largest absolute Gasteiger partial charge is 0.483 e. The number of hydrogen-bond acceptors (Lipinski definition) is 4. The molecular formula is C14H21BrN2O3. The summed E-state index contributed by atoms with van der Waals surface area (Å²) in [5.41, 5.74) is 6.64. The summed E-state index contributed by atoms with van der Waals surface area (Å²) in [7, 11) is 1.60. The van der Waals surface area contributed by atoms with Gasteiger partial charge in [-0.05, 0) is 53.5 Å². The third kappa shape index (κ3) is 5.90. The molecule has 1 rings (SSSR count). The molecule has 0 radical (unpaired) electrons. The minimum atomic E-state index is -0.174. The van der Waals surface area contributed by atoms with E-state index < -0.39 is 0 Å². The molecule has 1 amide bonds. The molecule has 0 saturated heterocycles. The predicted molar refractivity (Wildman–Crippen MR) is 81.9 cm³/mol. The molecule has 1 aromatic carbocycles. The van der Waals surface area contributed by atoms with Crippen LogP contribution in [0.3, 0.4) is 0 Å². The molecule has 0 aromatic heterocycles. The third-order valence-electron chi connectivity index (χ3n) is 2.61. The van der Waals surface area contributed by atoms with Gasteiger partial charge in [-0.3, -0.25) is 4.79 Å². The van der Waals surface area contributed by atoms with Crippen LogP contribution in [0.5, 0.6) is 5.75 Å². The Morgan fingerprint density at radius 2 is 2.25 bits per heavy atom. The number of hydrogen-bond donors (Lipinski definition) is 2. The molecule has 0 aliphatic rings. The first kappa shape index (κ1) is 16.9. The van der Waals surface area contributed by atoms with Gasteiger partial charge in [0, 0.05) is 13.2 Å². The fraction of sp³-hybridized carbons (Fsp3) is 0.500. The molecule has 0 aliphatic carbocycles. The van der Waals surface area contributed by atoms with Crippen molar-refractivity contribution >= 4 is 21.8 Å². The minimum Gasteiger partial charge on any atom is -0.483 e. The Bertz CT molecular complexity index is 440. The number of methoxy groups -OCH3 is 1. The Morgan fingerprint density at radius 1 is 1.50 bits per heavy atom. The number of nitrogens with one attached hydrogen (secondary N) is 1. The monoisotopic (exact) mass is 344 g/mol. The topological polar surface area (TPSA) is 73.6 Å². The van der Waals surface area contributed by atoms with Crippen LogP contribution < -0.4 is 15.8 Å². The van der Waals surface area contributed by atoms with Crippen molar-refractivity contribution in [3.8, 4) is 5.75 Å². The minimum absolute atomic E-state index is 0.0249. The van der Waals surface area contributed by atoms with E-state index in [0.717, 1.165) is 16.5 Å². The van der Waals surface area contributed by atoms with Crippen molar-refractivity contribution in [2.45, 2.75) is 19.4 Å². The van der Waals surface area contributed by atoms with Crippen LogP contribution in [-0.2, 0) is 16.0 Å². The maximum Gasteiger partial charge on any atom is 0.258 e. The summed E-state index contributed by atoms with van der Waals surface area (Å²) in [4.78, 5) is 11.7. The summed E-state index contributed by atoms with van der Waals surface area (Å²) >= 11 is 3.43. The van der Waals surface area contributed by atoms with Gasteiger partial charge in [0.25, 0.3) is 5.91 Å². The van der Waals surface area contributed by atoms with Gasteiger partial charge >= 0.3 is 0 Å². The summed E-state index contributed by atoms with van der Waals surface area (Å²) in [5, 5.41) is 2.78. The molecule has 1 atom stereocenters. The first-order valence-electron chi connectivity index (χ1n) is 6.46. The number of benzene rings is 1. The highest BCUT2D eigenvalue weighted by molar-refractivity contribution is 9.10. The summed E-state index contributed by atoms with van der Waals surface area (Å²) in [5.74, 6) is 0.466. The first-order valence-corrected chi connectivity index (χ1v) is 7.25. The molecule has 0 heterocycles.